The molecule has 39 heavy (non-hydrogen) atoms. The SMILES string of the molecule is O=C(O)[C@H](c1cc(F)ccc1CO[C@@H]1CCOC1)N1CCC(C(I)CCCCc2ccc3c(n2)NCCC3)C1. The van der Waals surface area contributed by atoms with Crippen molar-refractivity contribution in [1.29, 1.82) is 0 Å². The van der Waals surface area contributed by atoms with Crippen molar-refractivity contribution in [2.24, 2.45) is 5.92 Å². The zero-order valence-electron chi connectivity index (χ0n) is 22.4. The molecule has 2 saturated heterocycles. The number of carboxylic acid groups (broad SMARTS) is 1. The predicted octanol–water partition coefficient (Wildman–Crippen LogP) is 5.55. The zero-order valence-corrected chi connectivity index (χ0v) is 24.6. The minimum atomic E-state index is -0.941. The second-order valence-electron chi connectivity index (χ2n) is 11.0. The van der Waals surface area contributed by atoms with Crippen LogP contribution in [0.2, 0.25) is 0 Å². The Balaban J connectivity index is 1.14. The van der Waals surface area contributed by atoms with E-state index in [-0.39, 0.29) is 12.7 Å². The molecule has 0 saturated carbocycles. The van der Waals surface area contributed by atoms with Gasteiger partial charge in [-0.05, 0) is 92.3 Å². The maximum absolute atomic E-state index is 14.3. The van der Waals surface area contributed by atoms with Gasteiger partial charge in [-0.15, -0.1) is 0 Å². The Hall–Kier alpha value is -1.82. The first-order valence-corrected chi connectivity index (χ1v) is 15.5. The fourth-order valence-corrected chi connectivity index (χ4v) is 7.05. The molecular formula is C30H39FIN3O4. The van der Waals surface area contributed by atoms with Crippen LogP contribution in [-0.4, -0.2) is 63.8 Å². The summed E-state index contributed by atoms with van der Waals surface area (Å²) >= 11 is 2.55. The zero-order chi connectivity index (χ0) is 27.2. The summed E-state index contributed by atoms with van der Waals surface area (Å²) in [6.07, 6.45) is 8.36. The number of anilines is 1. The summed E-state index contributed by atoms with van der Waals surface area (Å²) in [5.41, 5.74) is 3.71. The number of nitrogens with one attached hydrogen (secondary N) is 1. The molecule has 212 valence electrons. The number of pyridine rings is 1. The number of benzene rings is 1. The Labute approximate surface area is 244 Å². The number of alkyl halides is 1. The maximum Gasteiger partial charge on any atom is 0.325 e. The molecule has 1 aromatic carbocycles. The number of aryl methyl sites for hydroxylation is 2. The molecule has 7 nitrogen and oxygen atoms in total. The van der Waals surface area contributed by atoms with Gasteiger partial charge >= 0.3 is 5.97 Å². The molecule has 1 aromatic heterocycles. The van der Waals surface area contributed by atoms with Gasteiger partial charge in [-0.3, -0.25) is 9.69 Å². The molecule has 2 fully saturated rings. The van der Waals surface area contributed by atoms with Crippen LogP contribution in [-0.2, 0) is 33.7 Å². The average Bonchev–Trinajstić information content (AvgIpc) is 3.63. The number of aromatic nitrogens is 1. The number of halogens is 2. The first-order chi connectivity index (χ1) is 19.0. The average molecular weight is 652 g/mol. The molecule has 4 heterocycles. The van der Waals surface area contributed by atoms with Crippen molar-refractivity contribution in [2.45, 2.75) is 74.0 Å². The van der Waals surface area contributed by atoms with Gasteiger partial charge in [0.2, 0.25) is 0 Å². The minimum absolute atomic E-state index is 0.00168. The fraction of sp³-hybridized carbons (Fsp3) is 0.600. The second-order valence-corrected chi connectivity index (χ2v) is 12.6. The molecule has 3 aliphatic rings. The highest BCUT2D eigenvalue weighted by molar-refractivity contribution is 14.1. The lowest BCUT2D eigenvalue weighted by atomic mass is 9.98. The molecule has 5 rings (SSSR count). The Morgan fingerprint density at radius 3 is 3.00 bits per heavy atom. The van der Waals surface area contributed by atoms with E-state index in [4.69, 9.17) is 14.5 Å². The molecule has 4 atom stereocenters. The first kappa shape index (κ1) is 28.7. The Morgan fingerprint density at radius 1 is 1.28 bits per heavy atom. The van der Waals surface area contributed by atoms with Crippen LogP contribution in [0.15, 0.2) is 30.3 Å². The summed E-state index contributed by atoms with van der Waals surface area (Å²) in [4.78, 5) is 19.3. The summed E-state index contributed by atoms with van der Waals surface area (Å²) in [7, 11) is 0. The monoisotopic (exact) mass is 651 g/mol. The smallest absolute Gasteiger partial charge is 0.325 e. The van der Waals surface area contributed by atoms with Crippen LogP contribution in [0.4, 0.5) is 10.2 Å². The maximum atomic E-state index is 14.3. The Bertz CT molecular complexity index is 1130. The molecule has 2 unspecified atom stereocenters. The largest absolute Gasteiger partial charge is 0.480 e. The lowest BCUT2D eigenvalue weighted by Gasteiger charge is -2.27. The van der Waals surface area contributed by atoms with Crippen molar-refractivity contribution in [3.05, 3.63) is 58.5 Å². The van der Waals surface area contributed by atoms with Crippen molar-refractivity contribution < 1.29 is 23.8 Å². The standard InChI is InChI=1S/C30H39FIN3O4/c31-23-9-7-22(18-39-25-12-15-38-19-25)26(16-23)28(30(36)37)35-14-11-21(17-35)27(32)6-2-1-5-24-10-8-20-4-3-13-33-29(20)34-24/h7-10,16,21,25,27-28H,1-6,11-15,17-19H2,(H,33,34)(H,36,37)/t21?,25-,27?,28+/m1/s1. The van der Waals surface area contributed by atoms with E-state index in [2.05, 4.69) is 40.0 Å². The highest BCUT2D eigenvalue weighted by Gasteiger charge is 2.37. The van der Waals surface area contributed by atoms with Crippen LogP contribution < -0.4 is 5.32 Å². The molecule has 0 bridgehead atoms. The highest BCUT2D eigenvalue weighted by atomic mass is 127. The van der Waals surface area contributed by atoms with Crippen molar-refractivity contribution in [3.63, 3.8) is 0 Å². The number of unbranched alkanes of at least 4 members (excludes halogenated alkanes) is 1. The quantitative estimate of drug-likeness (QED) is 0.177. The molecule has 0 spiro atoms. The number of fused-ring (bicyclic) bond motifs is 1. The third-order valence-corrected chi connectivity index (χ3v) is 9.89. The summed E-state index contributed by atoms with van der Waals surface area (Å²) in [6.45, 7) is 3.88. The van der Waals surface area contributed by atoms with Gasteiger partial charge < -0.3 is 19.9 Å². The van der Waals surface area contributed by atoms with Crippen LogP contribution >= 0.6 is 22.6 Å². The molecule has 3 aliphatic heterocycles. The first-order valence-electron chi connectivity index (χ1n) is 14.3. The summed E-state index contributed by atoms with van der Waals surface area (Å²) < 4.78 is 26.1. The summed E-state index contributed by atoms with van der Waals surface area (Å²) in [5.74, 6) is 0.118. The topological polar surface area (TPSA) is 83.9 Å². The highest BCUT2D eigenvalue weighted by Crippen LogP contribution is 2.35. The third-order valence-electron chi connectivity index (χ3n) is 8.25. The van der Waals surface area contributed by atoms with Crippen LogP contribution in [0.25, 0.3) is 0 Å². The van der Waals surface area contributed by atoms with Gasteiger partial charge in [-0.2, -0.15) is 0 Å². The van der Waals surface area contributed by atoms with E-state index >= 15 is 0 Å². The molecular weight excluding hydrogens is 612 g/mol. The van der Waals surface area contributed by atoms with E-state index in [1.807, 2.05) is 4.90 Å². The number of carboxylic acids is 1. The van der Waals surface area contributed by atoms with E-state index in [0.29, 0.717) is 41.7 Å². The van der Waals surface area contributed by atoms with Gasteiger partial charge in [-0.1, -0.05) is 41.1 Å². The van der Waals surface area contributed by atoms with Gasteiger partial charge in [0.05, 0.1) is 19.3 Å². The van der Waals surface area contributed by atoms with Gasteiger partial charge in [0, 0.05) is 29.3 Å². The van der Waals surface area contributed by atoms with Crippen LogP contribution in [0, 0.1) is 11.7 Å². The van der Waals surface area contributed by atoms with E-state index in [1.165, 1.54) is 24.1 Å². The lowest BCUT2D eigenvalue weighted by molar-refractivity contribution is -0.143. The van der Waals surface area contributed by atoms with E-state index in [9.17, 15) is 14.3 Å². The number of nitrogens with zero attached hydrogens (tertiary/aromatic N) is 2. The summed E-state index contributed by atoms with van der Waals surface area (Å²) in [6, 6.07) is 7.94. The lowest BCUT2D eigenvalue weighted by Crippen LogP contribution is -2.34. The molecule has 2 aromatic rings. The Morgan fingerprint density at radius 2 is 2.18 bits per heavy atom. The normalized spacial score (nSPS) is 22.8. The Kier molecular flexibility index (Phi) is 10.1. The predicted molar refractivity (Wildman–Crippen MR) is 157 cm³/mol. The molecule has 0 amide bonds. The van der Waals surface area contributed by atoms with Crippen molar-refractivity contribution in [3.8, 4) is 0 Å². The van der Waals surface area contributed by atoms with Gasteiger partial charge in [0.1, 0.15) is 17.7 Å². The van der Waals surface area contributed by atoms with E-state index in [1.54, 1.807) is 6.07 Å². The molecule has 0 radical (unpaired) electrons. The number of aliphatic carboxylic acids is 1. The van der Waals surface area contributed by atoms with E-state index < -0.39 is 17.8 Å². The number of hydrogen-bond acceptors (Lipinski definition) is 6. The molecule has 2 N–H and O–H groups in total. The van der Waals surface area contributed by atoms with Gasteiger partial charge in [0.25, 0.3) is 0 Å². The number of hydrogen-bond donors (Lipinski definition) is 2. The molecule has 0 aliphatic carbocycles. The number of ether oxygens (including phenoxy) is 2. The van der Waals surface area contributed by atoms with Crippen LogP contribution in [0.5, 0.6) is 0 Å². The van der Waals surface area contributed by atoms with Crippen molar-refractivity contribution >= 4 is 34.4 Å². The second kappa shape index (κ2) is 13.7. The van der Waals surface area contributed by atoms with Gasteiger partial charge in [0.15, 0.2) is 0 Å². The number of carbonyl (C=O) groups is 1. The number of rotatable bonds is 12. The molecule has 9 heteroatoms. The van der Waals surface area contributed by atoms with Crippen LogP contribution in [0.1, 0.15) is 67.0 Å². The van der Waals surface area contributed by atoms with Crippen molar-refractivity contribution in [1.82, 2.24) is 9.88 Å². The minimum Gasteiger partial charge on any atom is -0.480 e. The van der Waals surface area contributed by atoms with Crippen LogP contribution in [0.3, 0.4) is 0 Å². The fourth-order valence-electron chi connectivity index (χ4n) is 6.02. The summed E-state index contributed by atoms with van der Waals surface area (Å²) in [5, 5.41) is 13.6. The van der Waals surface area contributed by atoms with Gasteiger partial charge in [-0.25, -0.2) is 9.37 Å². The third kappa shape index (κ3) is 7.48. The van der Waals surface area contributed by atoms with Crippen molar-refractivity contribution in [2.75, 3.05) is 38.2 Å². The van der Waals surface area contributed by atoms with E-state index in [0.717, 1.165) is 68.6 Å². The number of likely N-dealkylation sites (tertiary alicyclic amines) is 1.